The van der Waals surface area contributed by atoms with Gasteiger partial charge >= 0.3 is 12.1 Å². The molecule has 0 radical (unpaired) electrons. The number of nitriles is 1. The number of fused-ring (bicyclic) bond motifs is 1. The molecular weight excluding hydrogens is 311 g/mol. The van der Waals surface area contributed by atoms with Crippen LogP contribution in [0.25, 0.3) is 10.9 Å². The van der Waals surface area contributed by atoms with Crippen molar-refractivity contribution in [1.29, 1.82) is 5.26 Å². The smallest absolute Gasteiger partial charge is 0.417 e. The van der Waals surface area contributed by atoms with Crippen LogP contribution in [-0.4, -0.2) is 17.1 Å². The van der Waals surface area contributed by atoms with E-state index in [9.17, 15) is 23.2 Å². The number of nitrogen functional groups attached to an aromatic ring is 1. The Morgan fingerprint density at radius 2 is 2.09 bits per heavy atom. The number of benzene rings is 1. The van der Waals surface area contributed by atoms with E-state index in [-0.39, 0.29) is 40.0 Å². The second kappa shape index (κ2) is 5.50. The Morgan fingerprint density at radius 1 is 1.48 bits per heavy atom. The third kappa shape index (κ3) is 2.48. The highest BCUT2D eigenvalue weighted by atomic mass is 19.4. The maximum Gasteiger partial charge on any atom is 0.417 e. The molecule has 0 aliphatic rings. The average molecular weight is 325 g/mol. The maximum atomic E-state index is 13.3. The third-order valence-corrected chi connectivity index (χ3v) is 3.58. The number of ether oxygens (including phenoxy) is 1. The fourth-order valence-corrected chi connectivity index (χ4v) is 2.63. The topological polar surface area (TPSA) is 81.0 Å². The summed E-state index contributed by atoms with van der Waals surface area (Å²) >= 11 is 0. The molecule has 1 aromatic carbocycles. The summed E-state index contributed by atoms with van der Waals surface area (Å²) in [5.74, 6) is -0.835. The van der Waals surface area contributed by atoms with E-state index in [1.807, 2.05) is 6.07 Å². The number of aromatic nitrogens is 1. The highest BCUT2D eigenvalue weighted by Gasteiger charge is 2.37. The van der Waals surface area contributed by atoms with Crippen molar-refractivity contribution in [2.45, 2.75) is 20.0 Å². The highest BCUT2D eigenvalue weighted by Crippen LogP contribution is 2.42. The number of nitrogens with zero attached hydrogens (tertiary/aromatic N) is 2. The molecule has 122 valence electrons. The standard InChI is InChI=1S/C15H14F3N3O2/c1-4-23-14(22)13-11(20)10-9(15(16,17)18)5-7(2)8(6-19)12(10)21(13)3/h5H,4,20H2,1-3H3. The van der Waals surface area contributed by atoms with Crippen LogP contribution in [0.1, 0.15) is 34.1 Å². The molecule has 0 spiro atoms. The lowest BCUT2D eigenvalue weighted by Gasteiger charge is -2.12. The number of hydrogen-bond donors (Lipinski definition) is 1. The number of aryl methyl sites for hydroxylation is 2. The number of rotatable bonds is 2. The number of halogens is 3. The number of hydrogen-bond acceptors (Lipinski definition) is 4. The molecule has 0 aliphatic carbocycles. The molecule has 0 unspecified atom stereocenters. The van der Waals surface area contributed by atoms with Crippen molar-refractivity contribution >= 4 is 22.6 Å². The van der Waals surface area contributed by atoms with Gasteiger partial charge in [0.05, 0.1) is 28.9 Å². The fourth-order valence-electron chi connectivity index (χ4n) is 2.63. The van der Waals surface area contributed by atoms with E-state index in [0.29, 0.717) is 0 Å². The number of anilines is 1. The minimum atomic E-state index is -4.67. The van der Waals surface area contributed by atoms with E-state index in [1.165, 1.54) is 18.5 Å². The zero-order chi connectivity index (χ0) is 17.5. The normalized spacial score (nSPS) is 11.5. The first-order chi connectivity index (χ1) is 10.6. The molecule has 2 rings (SSSR count). The van der Waals surface area contributed by atoms with Gasteiger partial charge in [-0.3, -0.25) is 0 Å². The molecule has 5 nitrogen and oxygen atoms in total. The Labute approximate surface area is 130 Å². The van der Waals surface area contributed by atoms with Crippen molar-refractivity contribution in [3.8, 4) is 6.07 Å². The summed E-state index contributed by atoms with van der Waals surface area (Å²) in [7, 11) is 1.38. The van der Waals surface area contributed by atoms with Crippen LogP contribution in [0, 0.1) is 18.3 Å². The van der Waals surface area contributed by atoms with Crippen LogP contribution in [0.3, 0.4) is 0 Å². The molecule has 1 heterocycles. The van der Waals surface area contributed by atoms with Gasteiger partial charge in [0.25, 0.3) is 0 Å². The van der Waals surface area contributed by atoms with Gasteiger partial charge in [0.1, 0.15) is 6.07 Å². The van der Waals surface area contributed by atoms with E-state index in [0.717, 1.165) is 6.07 Å². The summed E-state index contributed by atoms with van der Waals surface area (Å²) in [4.78, 5) is 12.0. The average Bonchev–Trinajstić information content (AvgIpc) is 2.69. The molecule has 0 atom stereocenters. The Hall–Kier alpha value is -2.69. The number of alkyl halides is 3. The van der Waals surface area contributed by atoms with E-state index >= 15 is 0 Å². The summed E-state index contributed by atoms with van der Waals surface area (Å²) in [6.07, 6.45) is -4.67. The molecule has 2 N–H and O–H groups in total. The molecule has 0 saturated heterocycles. The lowest BCUT2D eigenvalue weighted by molar-refractivity contribution is -0.136. The first-order valence-corrected chi connectivity index (χ1v) is 6.71. The fraction of sp³-hybridized carbons (Fsp3) is 0.333. The van der Waals surface area contributed by atoms with Gasteiger partial charge in [0, 0.05) is 12.4 Å². The second-order valence-electron chi connectivity index (χ2n) is 4.99. The monoisotopic (exact) mass is 325 g/mol. The van der Waals surface area contributed by atoms with Gasteiger partial charge in [-0.25, -0.2) is 4.79 Å². The van der Waals surface area contributed by atoms with E-state index in [4.69, 9.17) is 10.5 Å². The van der Waals surface area contributed by atoms with Crippen molar-refractivity contribution in [2.24, 2.45) is 7.05 Å². The van der Waals surface area contributed by atoms with Gasteiger partial charge in [0.2, 0.25) is 0 Å². The molecule has 0 fully saturated rings. The zero-order valence-electron chi connectivity index (χ0n) is 12.7. The van der Waals surface area contributed by atoms with Crippen LogP contribution < -0.4 is 5.73 Å². The van der Waals surface area contributed by atoms with Gasteiger partial charge in [-0.05, 0) is 25.5 Å². The van der Waals surface area contributed by atoms with Crippen LogP contribution in [-0.2, 0) is 18.0 Å². The lowest BCUT2D eigenvalue weighted by atomic mass is 9.99. The highest BCUT2D eigenvalue weighted by molar-refractivity contribution is 6.09. The summed E-state index contributed by atoms with van der Waals surface area (Å²) in [6.45, 7) is 3.03. The molecule has 23 heavy (non-hydrogen) atoms. The molecule has 0 aliphatic heterocycles. The Bertz CT molecular complexity index is 845. The molecule has 1 aromatic heterocycles. The largest absolute Gasteiger partial charge is 0.461 e. The van der Waals surface area contributed by atoms with Gasteiger partial charge in [0.15, 0.2) is 5.69 Å². The molecule has 0 amide bonds. The quantitative estimate of drug-likeness (QED) is 0.860. The van der Waals surface area contributed by atoms with Crippen LogP contribution >= 0.6 is 0 Å². The van der Waals surface area contributed by atoms with Crippen LogP contribution in [0.5, 0.6) is 0 Å². The minimum Gasteiger partial charge on any atom is -0.461 e. The van der Waals surface area contributed by atoms with Gasteiger partial charge in [-0.1, -0.05) is 0 Å². The van der Waals surface area contributed by atoms with E-state index in [1.54, 1.807) is 6.92 Å². The third-order valence-electron chi connectivity index (χ3n) is 3.58. The molecule has 0 saturated carbocycles. The number of carbonyl (C=O) groups excluding carboxylic acids is 1. The maximum absolute atomic E-state index is 13.3. The first kappa shape index (κ1) is 16.7. The van der Waals surface area contributed by atoms with Crippen molar-refractivity contribution in [3.05, 3.63) is 28.5 Å². The van der Waals surface area contributed by atoms with Gasteiger partial charge < -0.3 is 15.0 Å². The summed E-state index contributed by atoms with van der Waals surface area (Å²) in [5.41, 5.74) is 4.46. The number of carbonyl (C=O) groups is 1. The summed E-state index contributed by atoms with van der Waals surface area (Å²) in [6, 6.07) is 2.74. The lowest BCUT2D eigenvalue weighted by Crippen LogP contribution is -2.12. The van der Waals surface area contributed by atoms with Crippen molar-refractivity contribution in [1.82, 2.24) is 4.57 Å². The van der Waals surface area contributed by atoms with E-state index in [2.05, 4.69) is 0 Å². The minimum absolute atomic E-state index is 0.0274. The zero-order valence-corrected chi connectivity index (χ0v) is 12.7. The van der Waals surface area contributed by atoms with Crippen LogP contribution in [0.4, 0.5) is 18.9 Å². The number of nitrogens with two attached hydrogens (primary N) is 1. The Balaban J connectivity index is 3.03. The second-order valence-corrected chi connectivity index (χ2v) is 4.99. The van der Waals surface area contributed by atoms with Crippen molar-refractivity contribution in [3.63, 3.8) is 0 Å². The molecular formula is C15H14F3N3O2. The van der Waals surface area contributed by atoms with Gasteiger partial charge in [-0.15, -0.1) is 0 Å². The van der Waals surface area contributed by atoms with Crippen molar-refractivity contribution in [2.75, 3.05) is 12.3 Å². The number of esters is 1. The molecule has 0 bridgehead atoms. The SMILES string of the molecule is CCOC(=O)c1c(N)c2c(C(F)(F)F)cc(C)c(C#N)c2n1C. The molecule has 2 aromatic rings. The van der Waals surface area contributed by atoms with Crippen LogP contribution in [0.15, 0.2) is 6.07 Å². The first-order valence-electron chi connectivity index (χ1n) is 6.71. The predicted molar refractivity (Wildman–Crippen MR) is 77.7 cm³/mol. The molecule has 8 heteroatoms. The van der Waals surface area contributed by atoms with Crippen molar-refractivity contribution < 1.29 is 22.7 Å². The predicted octanol–water partition coefficient (Wildman–Crippen LogP) is 3.14. The Morgan fingerprint density at radius 3 is 2.57 bits per heavy atom. The summed E-state index contributed by atoms with van der Waals surface area (Å²) < 4.78 is 46.0. The van der Waals surface area contributed by atoms with E-state index < -0.39 is 17.7 Å². The van der Waals surface area contributed by atoms with Crippen LogP contribution in [0.2, 0.25) is 0 Å². The summed E-state index contributed by atoms with van der Waals surface area (Å²) in [5, 5.41) is 8.92. The van der Waals surface area contributed by atoms with Gasteiger partial charge in [-0.2, -0.15) is 18.4 Å². The Kier molecular flexibility index (Phi) is 3.99.